The highest BCUT2D eigenvalue weighted by Gasteiger charge is 2.45. The van der Waals surface area contributed by atoms with Crippen LogP contribution in [0, 0.1) is 0 Å². The van der Waals surface area contributed by atoms with Crippen LogP contribution in [0.3, 0.4) is 0 Å². The van der Waals surface area contributed by atoms with Crippen molar-refractivity contribution in [3.8, 4) is 0 Å². The molecular weight excluding hydrogens is 224 g/mol. The van der Waals surface area contributed by atoms with E-state index < -0.39 is 10.0 Å². The molecule has 0 radical (unpaired) electrons. The maximum absolute atomic E-state index is 12.4. The van der Waals surface area contributed by atoms with Gasteiger partial charge in [-0.15, -0.1) is 0 Å². The predicted octanol–water partition coefficient (Wildman–Crippen LogP) is 1.07. The minimum absolute atomic E-state index is 0.128. The fourth-order valence-corrected chi connectivity index (χ4v) is 5.10. The molecule has 0 bridgehead atoms. The zero-order chi connectivity index (χ0) is 11.8. The van der Waals surface area contributed by atoms with Gasteiger partial charge in [0.15, 0.2) is 0 Å². The van der Waals surface area contributed by atoms with E-state index in [1.54, 1.807) is 4.31 Å². The van der Waals surface area contributed by atoms with Crippen LogP contribution in [-0.4, -0.2) is 36.6 Å². The number of hydrogen-bond donors (Lipinski definition) is 1. The third-order valence-electron chi connectivity index (χ3n) is 4.15. The summed E-state index contributed by atoms with van der Waals surface area (Å²) < 4.78 is 26.5. The van der Waals surface area contributed by atoms with Crippen molar-refractivity contribution < 1.29 is 8.42 Å². The summed E-state index contributed by atoms with van der Waals surface area (Å²) in [5.41, 5.74) is 5.44. The molecule has 0 amide bonds. The molecule has 1 atom stereocenters. The van der Waals surface area contributed by atoms with Gasteiger partial charge in [-0.25, -0.2) is 8.42 Å². The van der Waals surface area contributed by atoms with E-state index in [4.69, 9.17) is 5.73 Å². The minimum atomic E-state index is -3.09. The molecular formula is C11H22N2O2S. The second-order valence-electron chi connectivity index (χ2n) is 5.33. The molecule has 1 aliphatic carbocycles. The molecule has 1 saturated carbocycles. The Morgan fingerprint density at radius 2 is 2.00 bits per heavy atom. The van der Waals surface area contributed by atoms with Gasteiger partial charge >= 0.3 is 0 Å². The topological polar surface area (TPSA) is 63.4 Å². The van der Waals surface area contributed by atoms with E-state index in [9.17, 15) is 8.42 Å². The summed E-state index contributed by atoms with van der Waals surface area (Å²) in [6.07, 6.45) is 5.68. The third kappa shape index (κ3) is 1.89. The van der Waals surface area contributed by atoms with E-state index in [0.717, 1.165) is 38.5 Å². The van der Waals surface area contributed by atoms with Gasteiger partial charge in [-0.3, -0.25) is 0 Å². The number of piperidine rings is 1. The summed E-state index contributed by atoms with van der Waals surface area (Å²) in [5, 5.41) is -0.128. The molecule has 16 heavy (non-hydrogen) atoms. The smallest absolute Gasteiger partial charge is 0.217 e. The molecule has 0 aromatic rings. The van der Waals surface area contributed by atoms with E-state index in [1.807, 2.05) is 6.92 Å². The van der Waals surface area contributed by atoms with E-state index in [1.165, 1.54) is 0 Å². The van der Waals surface area contributed by atoms with Gasteiger partial charge in [0.25, 0.3) is 0 Å². The Balaban J connectivity index is 2.23. The molecule has 2 fully saturated rings. The third-order valence-corrected chi connectivity index (χ3v) is 6.70. The van der Waals surface area contributed by atoms with Crippen LogP contribution in [0.2, 0.25) is 0 Å². The SMILES string of the molecule is CC1(CN)CCCCN1S(=O)(=O)C1CCC1. The average Bonchev–Trinajstić information content (AvgIpc) is 2.14. The number of nitrogens with two attached hydrogens (primary N) is 1. The second-order valence-corrected chi connectivity index (χ2v) is 7.47. The first-order chi connectivity index (χ1) is 7.50. The Morgan fingerprint density at radius 3 is 2.50 bits per heavy atom. The molecule has 0 spiro atoms. The molecule has 5 heteroatoms. The van der Waals surface area contributed by atoms with Crippen LogP contribution in [0.5, 0.6) is 0 Å². The minimum Gasteiger partial charge on any atom is -0.329 e. The zero-order valence-electron chi connectivity index (χ0n) is 9.98. The van der Waals surface area contributed by atoms with Crippen molar-refractivity contribution in [2.45, 2.75) is 56.2 Å². The zero-order valence-corrected chi connectivity index (χ0v) is 10.8. The fraction of sp³-hybridized carbons (Fsp3) is 1.00. The monoisotopic (exact) mass is 246 g/mol. The largest absolute Gasteiger partial charge is 0.329 e. The number of hydrogen-bond acceptors (Lipinski definition) is 3. The first-order valence-electron chi connectivity index (χ1n) is 6.22. The standard InChI is InChI=1S/C11H22N2O2S/c1-11(9-12)7-2-3-8-13(11)16(14,15)10-5-4-6-10/h10H,2-9,12H2,1H3. The van der Waals surface area contributed by atoms with Crippen LogP contribution in [0.1, 0.15) is 45.4 Å². The Labute approximate surface area is 98.2 Å². The van der Waals surface area contributed by atoms with Gasteiger partial charge in [0.05, 0.1) is 5.25 Å². The van der Waals surface area contributed by atoms with E-state index in [-0.39, 0.29) is 10.8 Å². The van der Waals surface area contributed by atoms with E-state index >= 15 is 0 Å². The van der Waals surface area contributed by atoms with Crippen molar-refractivity contribution in [2.75, 3.05) is 13.1 Å². The molecule has 1 heterocycles. The molecule has 0 aromatic heterocycles. The van der Waals surface area contributed by atoms with Crippen LogP contribution in [0.4, 0.5) is 0 Å². The summed E-state index contributed by atoms with van der Waals surface area (Å²) in [7, 11) is -3.09. The van der Waals surface area contributed by atoms with Crippen molar-refractivity contribution in [3.05, 3.63) is 0 Å². The highest BCUT2D eigenvalue weighted by atomic mass is 32.2. The maximum atomic E-state index is 12.4. The van der Waals surface area contributed by atoms with Crippen molar-refractivity contribution in [2.24, 2.45) is 5.73 Å². The summed E-state index contributed by atoms with van der Waals surface area (Å²) in [4.78, 5) is 0. The first-order valence-corrected chi connectivity index (χ1v) is 7.73. The Kier molecular flexibility index (Phi) is 3.29. The molecule has 94 valence electrons. The van der Waals surface area contributed by atoms with Gasteiger partial charge in [-0.2, -0.15) is 4.31 Å². The van der Waals surface area contributed by atoms with Crippen LogP contribution in [-0.2, 0) is 10.0 Å². The molecule has 2 rings (SSSR count). The normalized spacial score (nSPS) is 33.6. The van der Waals surface area contributed by atoms with Gasteiger partial charge < -0.3 is 5.73 Å². The van der Waals surface area contributed by atoms with Crippen molar-refractivity contribution >= 4 is 10.0 Å². The predicted molar refractivity (Wildman–Crippen MR) is 64.6 cm³/mol. The molecule has 2 N–H and O–H groups in total. The van der Waals surface area contributed by atoms with Gasteiger partial charge in [0.2, 0.25) is 10.0 Å². The maximum Gasteiger partial charge on any atom is 0.217 e. The van der Waals surface area contributed by atoms with Crippen molar-refractivity contribution in [1.29, 1.82) is 0 Å². The van der Waals surface area contributed by atoms with E-state index in [0.29, 0.717) is 13.1 Å². The van der Waals surface area contributed by atoms with Gasteiger partial charge in [-0.05, 0) is 32.6 Å². The number of sulfonamides is 1. The van der Waals surface area contributed by atoms with Crippen molar-refractivity contribution in [1.82, 2.24) is 4.31 Å². The first kappa shape index (κ1) is 12.3. The molecule has 2 aliphatic rings. The van der Waals surface area contributed by atoms with Crippen LogP contribution in [0.25, 0.3) is 0 Å². The fourth-order valence-electron chi connectivity index (χ4n) is 2.64. The van der Waals surface area contributed by atoms with E-state index in [2.05, 4.69) is 0 Å². The lowest BCUT2D eigenvalue weighted by Gasteiger charge is -2.45. The molecule has 1 saturated heterocycles. The highest BCUT2D eigenvalue weighted by Crippen LogP contribution is 2.36. The summed E-state index contributed by atoms with van der Waals surface area (Å²) in [6.45, 7) is 3.08. The Morgan fingerprint density at radius 1 is 1.31 bits per heavy atom. The second kappa shape index (κ2) is 4.27. The number of rotatable bonds is 3. The molecule has 1 aliphatic heterocycles. The summed E-state index contributed by atoms with van der Waals surface area (Å²) in [6, 6.07) is 0. The van der Waals surface area contributed by atoms with Crippen LogP contribution >= 0.6 is 0 Å². The average molecular weight is 246 g/mol. The lowest BCUT2D eigenvalue weighted by molar-refractivity contribution is 0.154. The van der Waals surface area contributed by atoms with Crippen LogP contribution in [0.15, 0.2) is 0 Å². The summed E-state index contributed by atoms with van der Waals surface area (Å²) in [5.74, 6) is 0. The highest BCUT2D eigenvalue weighted by molar-refractivity contribution is 7.89. The lowest BCUT2D eigenvalue weighted by atomic mass is 9.91. The Hall–Kier alpha value is -0.130. The Bertz CT molecular complexity index is 351. The molecule has 4 nitrogen and oxygen atoms in total. The van der Waals surface area contributed by atoms with Gasteiger partial charge in [-0.1, -0.05) is 12.8 Å². The molecule has 1 unspecified atom stereocenters. The quantitative estimate of drug-likeness (QED) is 0.810. The van der Waals surface area contributed by atoms with Gasteiger partial charge in [0.1, 0.15) is 0 Å². The number of nitrogens with zero attached hydrogens (tertiary/aromatic N) is 1. The van der Waals surface area contributed by atoms with Gasteiger partial charge in [0, 0.05) is 18.6 Å². The molecule has 0 aromatic carbocycles. The van der Waals surface area contributed by atoms with Crippen molar-refractivity contribution in [3.63, 3.8) is 0 Å². The lowest BCUT2D eigenvalue weighted by Crippen LogP contribution is -2.59. The van der Waals surface area contributed by atoms with Crippen LogP contribution < -0.4 is 5.73 Å². The summed E-state index contributed by atoms with van der Waals surface area (Å²) >= 11 is 0.